The minimum absolute atomic E-state index is 0.00932. The number of hydrogen-bond acceptors (Lipinski definition) is 6. The molecule has 5 rings (SSSR count). The van der Waals surface area contributed by atoms with Crippen LogP contribution in [0.5, 0.6) is 0 Å². The summed E-state index contributed by atoms with van der Waals surface area (Å²) in [6.45, 7) is 4.46. The number of carbonyl (C=O) groups excluding carboxylic acids is 1. The van der Waals surface area contributed by atoms with Gasteiger partial charge in [-0.3, -0.25) is 4.90 Å². The summed E-state index contributed by atoms with van der Waals surface area (Å²) in [4.78, 5) is 17.9. The minimum Gasteiger partial charge on any atom is -0.426 e. The van der Waals surface area contributed by atoms with Gasteiger partial charge in [0.1, 0.15) is 0 Å². The molecule has 4 heterocycles. The molecular weight excluding hydrogens is 614 g/mol. The molecule has 16 heteroatoms. The number of ether oxygens (including phenoxy) is 1. The van der Waals surface area contributed by atoms with Gasteiger partial charge >= 0.3 is 18.4 Å². The van der Waals surface area contributed by atoms with Crippen LogP contribution >= 0.6 is 11.6 Å². The summed E-state index contributed by atoms with van der Waals surface area (Å²) < 4.78 is 107. The summed E-state index contributed by atoms with van der Waals surface area (Å²) in [5.41, 5.74) is -0.432. The van der Waals surface area contributed by atoms with Crippen molar-refractivity contribution < 1.29 is 44.3 Å². The third-order valence-corrected chi connectivity index (χ3v) is 11.8. The summed E-state index contributed by atoms with van der Waals surface area (Å²) in [5.74, 6) is 0.269. The number of rotatable bonds is 5. The molecule has 0 bridgehead atoms. The molecule has 0 aromatic heterocycles. The van der Waals surface area contributed by atoms with Crippen molar-refractivity contribution in [1.82, 2.24) is 19.0 Å². The number of alkyl halides is 7. The van der Waals surface area contributed by atoms with Crippen molar-refractivity contribution in [3.05, 3.63) is 0 Å². The molecule has 0 N–H and O–H groups in total. The van der Waals surface area contributed by atoms with Gasteiger partial charge in [0.05, 0.1) is 11.8 Å². The van der Waals surface area contributed by atoms with Gasteiger partial charge in [0.25, 0.3) is 6.10 Å². The van der Waals surface area contributed by atoms with E-state index in [1.165, 1.54) is 6.26 Å². The first-order valence-electron chi connectivity index (χ1n) is 14.6. The summed E-state index contributed by atoms with van der Waals surface area (Å²) in [6, 6.07) is 0.295. The van der Waals surface area contributed by atoms with Gasteiger partial charge in [0.2, 0.25) is 10.0 Å². The lowest BCUT2D eigenvalue weighted by atomic mass is 9.76. The number of hydrogen-bond donors (Lipinski definition) is 0. The molecule has 2 spiro atoms. The highest BCUT2D eigenvalue weighted by molar-refractivity contribution is 7.88. The smallest absolute Gasteiger partial charge is 0.426 e. The standard InChI is InChI=1S/C26H39ClF6N4O4S/c1-42(39,40)37-10-6-23(15-37)4-8-34(9-5-23)20-12-18(11-19(27)13-20)14-36-7-2-3-24(36)16-35(17-24)22(38)41-21(25(28,29)30)26(31,32)33/h18-21H,2-17H2,1H3. The Hall–Kier alpha value is -1.03. The lowest BCUT2D eigenvalue weighted by Crippen LogP contribution is -2.70. The molecule has 3 atom stereocenters. The fraction of sp³-hybridized carbons (Fsp3) is 0.962. The largest absolute Gasteiger partial charge is 0.434 e. The fourth-order valence-electron chi connectivity index (χ4n) is 7.96. The number of amides is 1. The Bertz CT molecular complexity index is 1100. The first-order chi connectivity index (χ1) is 19.4. The van der Waals surface area contributed by atoms with Crippen LogP contribution in [-0.2, 0) is 14.8 Å². The van der Waals surface area contributed by atoms with Gasteiger partial charge in [-0.1, -0.05) is 0 Å². The van der Waals surface area contributed by atoms with Gasteiger partial charge in [-0.2, -0.15) is 26.3 Å². The molecule has 42 heavy (non-hydrogen) atoms. The van der Waals surface area contributed by atoms with Crippen LogP contribution in [0.2, 0.25) is 0 Å². The fourth-order valence-corrected chi connectivity index (χ4v) is 9.35. The monoisotopic (exact) mass is 652 g/mol. The van der Waals surface area contributed by atoms with E-state index >= 15 is 0 Å². The van der Waals surface area contributed by atoms with Crippen LogP contribution < -0.4 is 0 Å². The van der Waals surface area contributed by atoms with Crippen LogP contribution in [0.3, 0.4) is 0 Å². The third-order valence-electron chi connectivity index (χ3n) is 10.2. The van der Waals surface area contributed by atoms with Crippen molar-refractivity contribution in [3.63, 3.8) is 0 Å². The van der Waals surface area contributed by atoms with Crippen molar-refractivity contribution in [3.8, 4) is 0 Å². The van der Waals surface area contributed by atoms with Crippen molar-refractivity contribution in [1.29, 1.82) is 0 Å². The average Bonchev–Trinajstić information content (AvgIpc) is 3.45. The summed E-state index contributed by atoms with van der Waals surface area (Å²) in [7, 11) is -3.19. The van der Waals surface area contributed by atoms with Gasteiger partial charge in [0.15, 0.2) is 0 Å². The van der Waals surface area contributed by atoms with E-state index in [4.69, 9.17) is 11.6 Å². The second-order valence-electron chi connectivity index (χ2n) is 13.2. The van der Waals surface area contributed by atoms with Gasteiger partial charge in [0, 0.05) is 44.1 Å². The van der Waals surface area contributed by atoms with Crippen LogP contribution in [0.1, 0.15) is 51.4 Å². The van der Waals surface area contributed by atoms with E-state index in [0.29, 0.717) is 32.1 Å². The molecule has 8 nitrogen and oxygen atoms in total. The Balaban J connectivity index is 1.14. The predicted molar refractivity (Wildman–Crippen MR) is 143 cm³/mol. The van der Waals surface area contributed by atoms with E-state index in [1.807, 2.05) is 0 Å². The van der Waals surface area contributed by atoms with E-state index in [9.17, 15) is 39.6 Å². The van der Waals surface area contributed by atoms with Gasteiger partial charge in [-0.25, -0.2) is 17.5 Å². The maximum atomic E-state index is 12.8. The van der Waals surface area contributed by atoms with Crippen LogP contribution in [-0.4, -0.2) is 128 Å². The van der Waals surface area contributed by atoms with Crippen LogP contribution in [0.4, 0.5) is 31.1 Å². The highest BCUT2D eigenvalue weighted by Crippen LogP contribution is 2.45. The molecule has 242 valence electrons. The lowest BCUT2D eigenvalue weighted by Gasteiger charge is -2.53. The molecule has 1 amide bonds. The van der Waals surface area contributed by atoms with Crippen LogP contribution in [0.25, 0.3) is 0 Å². The number of nitrogens with zero attached hydrogens (tertiary/aromatic N) is 4. The molecule has 1 aliphatic carbocycles. The van der Waals surface area contributed by atoms with Gasteiger partial charge in [-0.05, 0) is 82.3 Å². The Morgan fingerprint density at radius 1 is 0.929 bits per heavy atom. The first-order valence-corrected chi connectivity index (χ1v) is 16.9. The highest BCUT2D eigenvalue weighted by Gasteiger charge is 2.61. The molecule has 1 saturated carbocycles. The minimum atomic E-state index is -5.74. The maximum Gasteiger partial charge on any atom is 0.434 e. The Labute approximate surface area is 247 Å². The Kier molecular flexibility index (Phi) is 8.79. The first kappa shape index (κ1) is 32.4. The van der Waals surface area contributed by atoms with Gasteiger partial charge < -0.3 is 14.5 Å². The van der Waals surface area contributed by atoms with Crippen molar-refractivity contribution in [2.24, 2.45) is 11.3 Å². The lowest BCUT2D eigenvalue weighted by molar-refractivity contribution is -0.309. The topological polar surface area (TPSA) is 73.4 Å². The zero-order chi connectivity index (χ0) is 30.7. The van der Waals surface area contributed by atoms with E-state index in [2.05, 4.69) is 14.5 Å². The van der Waals surface area contributed by atoms with E-state index in [-0.39, 0.29) is 29.8 Å². The van der Waals surface area contributed by atoms with Crippen molar-refractivity contribution in [2.75, 3.05) is 58.6 Å². The molecule has 0 radical (unpaired) electrons. The third kappa shape index (κ3) is 6.79. The number of carbonyl (C=O) groups is 1. The number of piperidine rings is 1. The molecule has 0 aromatic carbocycles. The molecule has 4 saturated heterocycles. The van der Waals surface area contributed by atoms with Crippen molar-refractivity contribution >= 4 is 27.7 Å². The zero-order valence-electron chi connectivity index (χ0n) is 23.6. The Morgan fingerprint density at radius 3 is 2.12 bits per heavy atom. The number of likely N-dealkylation sites (tertiary alicyclic amines) is 3. The molecule has 5 aliphatic rings. The van der Waals surface area contributed by atoms with E-state index in [1.54, 1.807) is 4.31 Å². The molecule has 4 aliphatic heterocycles. The molecule has 0 aromatic rings. The predicted octanol–water partition coefficient (Wildman–Crippen LogP) is 4.29. The van der Waals surface area contributed by atoms with Crippen LogP contribution in [0.15, 0.2) is 0 Å². The second-order valence-corrected chi connectivity index (χ2v) is 15.8. The SMILES string of the molecule is CS(=O)(=O)N1CCC2(CCN(C3CC(Cl)CC(CN4CCCC45CN(C(=O)OC(C(F)(F)F)C(F)(F)F)C5)C3)CC2)C1. The maximum absolute atomic E-state index is 12.8. The van der Waals surface area contributed by atoms with Crippen LogP contribution in [0, 0.1) is 11.3 Å². The second kappa shape index (κ2) is 11.4. The summed E-state index contributed by atoms with van der Waals surface area (Å²) >= 11 is 6.73. The molecule has 5 fully saturated rings. The quantitative estimate of drug-likeness (QED) is 0.326. The zero-order valence-corrected chi connectivity index (χ0v) is 25.2. The summed E-state index contributed by atoms with van der Waals surface area (Å²) in [5, 5.41) is -0.00932. The molecular formula is C26H39ClF6N4O4S. The van der Waals surface area contributed by atoms with E-state index in [0.717, 1.165) is 69.5 Å². The number of sulfonamides is 1. The highest BCUT2D eigenvalue weighted by atomic mass is 35.5. The van der Waals surface area contributed by atoms with E-state index < -0.39 is 40.1 Å². The van der Waals surface area contributed by atoms with Crippen molar-refractivity contribution in [2.45, 2.75) is 86.8 Å². The summed E-state index contributed by atoms with van der Waals surface area (Å²) in [6.07, 6.45) is -9.05. The Morgan fingerprint density at radius 2 is 1.55 bits per heavy atom. The molecule has 3 unspecified atom stereocenters. The normalized spacial score (nSPS) is 31.3. The number of halogens is 7. The average molecular weight is 653 g/mol. The van der Waals surface area contributed by atoms with Gasteiger partial charge in [-0.15, -0.1) is 11.6 Å².